The van der Waals surface area contributed by atoms with Gasteiger partial charge < -0.3 is 4.90 Å². The van der Waals surface area contributed by atoms with Crippen molar-refractivity contribution in [1.82, 2.24) is 0 Å². The van der Waals surface area contributed by atoms with Crippen molar-refractivity contribution < 1.29 is 0 Å². The van der Waals surface area contributed by atoms with E-state index < -0.39 is 16.1 Å². The Hall–Kier alpha value is -16.0. The fraction of sp³-hybridized carbons (Fsp3) is 0.0376. The molecule has 5 heterocycles. The Bertz CT molecular complexity index is 9250. The van der Waals surface area contributed by atoms with E-state index in [4.69, 9.17) is 0 Å². The monoisotopic (exact) mass is 1960 g/mol. The van der Waals surface area contributed by atoms with Crippen LogP contribution in [0.1, 0.15) is 36.1 Å². The number of aryl methyl sites for hydroxylation is 2. The van der Waals surface area contributed by atoms with E-state index in [2.05, 4.69) is 545 Å². The summed E-state index contributed by atoms with van der Waals surface area (Å²) in [5.41, 5.74) is 24.4. The van der Waals surface area contributed by atoms with Crippen molar-refractivity contribution in [3.63, 3.8) is 0 Å². The van der Waals surface area contributed by atoms with Crippen molar-refractivity contribution in [1.29, 1.82) is 0 Å². The molecule has 3 aliphatic heterocycles. The van der Waals surface area contributed by atoms with Gasteiger partial charge in [-0.05, 0) is 80.8 Å². The van der Waals surface area contributed by atoms with Crippen LogP contribution in [-0.2, 0) is 5.41 Å². The van der Waals surface area contributed by atoms with Crippen LogP contribution in [-0.4, -0.2) is 45.2 Å². The van der Waals surface area contributed by atoms with Gasteiger partial charge in [0.15, 0.2) is 8.07 Å². The molecule has 0 saturated heterocycles. The molecular weight excluding hydrogens is 1870 g/mol. The minimum Gasteiger partial charge on any atom is -0.0623 e. The van der Waals surface area contributed by atoms with Crippen LogP contribution in [0.15, 0.2) is 497 Å². The number of fused-ring (bicyclic) bond motifs is 20. The quantitative estimate of drug-likeness (QED) is 0.0893. The van der Waals surface area contributed by atoms with Crippen LogP contribution in [0.3, 0.4) is 0 Å². The first-order chi connectivity index (χ1) is 69.5. The Kier molecular flexibility index (Phi) is 20.2. The predicted octanol–water partition coefficient (Wildman–Crippen LogP) is 29.7. The number of anilines is 12. The van der Waals surface area contributed by atoms with E-state index in [-0.39, 0.29) is 34.4 Å². The molecule has 4 nitrogen and oxygen atoms in total. The summed E-state index contributed by atoms with van der Waals surface area (Å²) in [6.07, 6.45) is 0. The van der Waals surface area contributed by atoms with Gasteiger partial charge in [-0.2, -0.15) is 0 Å². The smallest absolute Gasteiger partial charge is 0.0623 e. The van der Waals surface area contributed by atoms with Crippen LogP contribution in [0.4, 0.5) is 68.2 Å². The molecule has 0 spiro atoms. The van der Waals surface area contributed by atoms with Gasteiger partial charge in [-0.1, -0.05) is 152 Å². The summed E-state index contributed by atoms with van der Waals surface area (Å²) in [6.45, 7) is 9.23. The van der Waals surface area contributed by atoms with Crippen molar-refractivity contribution in [3.05, 3.63) is 520 Å². The second-order valence-electron chi connectivity index (χ2n) is 38.6. The Morgan fingerprint density at radius 2 is 0.631 bits per heavy atom. The van der Waals surface area contributed by atoms with Crippen molar-refractivity contribution in [3.8, 4) is 22.3 Å². The average molecular weight is 1960 g/mol. The van der Waals surface area contributed by atoms with Crippen molar-refractivity contribution in [2.45, 2.75) is 33.1 Å². The maximum Gasteiger partial charge on any atom is 0.184 e. The molecule has 0 saturated carbocycles. The van der Waals surface area contributed by atoms with Gasteiger partial charge in [0.2, 0.25) is 0 Å². The SMILES string of the molecule is Cc1cccc(N(c2ccccc2)c2cc3c4ccccc4c(N4c5cc(C)ccc5C(C)(C)c5cc6c(cc54)[se]c4ccccc46)cc3c3ccccc23)c1.c1ccc(-c2ccc3c(c2)N(c2ccc4c(ccc5cc(N6c7cc(-c8ccccc8)ccc7[Si](c7ccccc7)(c7ccccc7)c7cc8c(cc76)[se]c6ccccc68)ccc54)c2)c2ccccc2[Si]3(c2ccccc2)c2ccccc2)cc1. The Labute approximate surface area is 835 Å². The van der Waals surface area contributed by atoms with Gasteiger partial charge in [-0.15, -0.1) is 0 Å². The van der Waals surface area contributed by atoms with E-state index in [1.54, 1.807) is 0 Å². The summed E-state index contributed by atoms with van der Waals surface area (Å²) in [7, 11) is -5.85. The Morgan fingerprint density at radius 3 is 1.18 bits per heavy atom. The summed E-state index contributed by atoms with van der Waals surface area (Å²) in [6, 6.07) is 189. The molecule has 0 bridgehead atoms. The van der Waals surface area contributed by atoms with Crippen molar-refractivity contribution >= 4 is 247 Å². The first-order valence-electron chi connectivity index (χ1n) is 48.9. The van der Waals surface area contributed by atoms with Crippen LogP contribution in [0, 0.1) is 13.8 Å². The molecule has 2 aromatic heterocycles. The molecule has 25 aromatic rings. The fourth-order valence-corrected chi connectivity index (χ4v) is 38.9. The van der Waals surface area contributed by atoms with Gasteiger partial charge >= 0.3 is 585 Å². The third-order valence-corrected chi connectivity index (χ3v) is 44.9. The Morgan fingerprint density at radius 1 is 0.213 bits per heavy atom. The predicted molar refractivity (Wildman–Crippen MR) is 610 cm³/mol. The fourth-order valence-electron chi connectivity index (χ4n) is 24.1. The number of benzene rings is 23. The third kappa shape index (κ3) is 13.4. The van der Waals surface area contributed by atoms with Crippen LogP contribution in [0.5, 0.6) is 0 Å². The molecule has 0 unspecified atom stereocenters. The summed E-state index contributed by atoms with van der Waals surface area (Å²) >= 11 is 0.421. The van der Waals surface area contributed by atoms with Gasteiger partial charge in [-0.3, -0.25) is 0 Å². The van der Waals surface area contributed by atoms with Crippen molar-refractivity contribution in [2.75, 3.05) is 19.6 Å². The van der Waals surface area contributed by atoms with E-state index in [1.165, 1.54) is 224 Å². The Balaban J connectivity index is 0.000000154. The van der Waals surface area contributed by atoms with E-state index >= 15 is 0 Å². The van der Waals surface area contributed by atoms with Gasteiger partial charge in [-0.25, -0.2) is 0 Å². The molecule has 666 valence electrons. The van der Waals surface area contributed by atoms with Crippen molar-refractivity contribution in [2.24, 2.45) is 0 Å². The number of hydrogen-bond acceptors (Lipinski definition) is 4. The molecule has 0 aliphatic carbocycles. The van der Waals surface area contributed by atoms with E-state index in [0.717, 1.165) is 22.7 Å². The minimum atomic E-state index is -2.99. The number of rotatable bonds is 12. The van der Waals surface area contributed by atoms with E-state index in [0.29, 0.717) is 0 Å². The molecule has 0 N–H and O–H groups in total. The molecule has 8 heteroatoms. The largest absolute Gasteiger partial charge is 0.184 e. The minimum absolute atomic E-state index is 0.168. The van der Waals surface area contributed by atoms with Crippen LogP contribution in [0.2, 0.25) is 0 Å². The third-order valence-electron chi connectivity index (χ3n) is 30.4. The molecule has 0 atom stereocenters. The van der Waals surface area contributed by atoms with Crippen LogP contribution < -0.4 is 61.1 Å². The first kappa shape index (κ1) is 84.3. The van der Waals surface area contributed by atoms with Gasteiger partial charge in [0.1, 0.15) is 0 Å². The maximum absolute atomic E-state index is 2.99. The topological polar surface area (TPSA) is 13.0 Å². The molecule has 3 aliphatic rings. The molecule has 28 rings (SSSR count). The molecular formula is C133H94N4Se2Si2. The van der Waals surface area contributed by atoms with Gasteiger partial charge in [0.25, 0.3) is 0 Å². The standard InChI is InChI=1S/C80H54N2SeSi2.C53H40N2Se/c1-7-23-55(24-8-1)57-41-47-78-72(51-57)81(71-36-20-22-38-77(71)84(78,63-27-11-3-12-28-63)64-29-13-4-14-30-64)61-43-45-67-59(49-61)39-40-60-50-62(44-46-68(60)67)82-73-52-58(56-25-9-2-10-26-56)42-48-79(73)85(65-31-15-5-16-32-65,66-33-17-6-18-34-66)80-53-70-69-35-19-21-37-75(69)83-76(70)54-74(80)82;1-33-15-14-18-36(27-33)54(35-16-6-5-7-17-35)47-30-42-38-20-9-11-22-40(38)48(31-43(42)37-19-8-10-21-39(37)47)55-49-28-34(2)25-26-45(49)53(3,4)46-29-44-41-23-12-13-24-51(41)56-52(44)32-50(46)55/h1-54H;5-32H,1-4H3. The molecule has 23 aromatic carbocycles. The normalized spacial score (nSPS) is 13.7. The molecule has 0 fully saturated rings. The van der Waals surface area contributed by atoms with Gasteiger partial charge in [0.05, 0.1) is 0 Å². The zero-order valence-corrected chi connectivity index (χ0v) is 83.9. The second-order valence-corrected chi connectivity index (χ2v) is 50.6. The molecule has 141 heavy (non-hydrogen) atoms. The zero-order chi connectivity index (χ0) is 93.8. The van der Waals surface area contributed by atoms with Gasteiger partial charge in [0, 0.05) is 11.4 Å². The summed E-state index contributed by atoms with van der Waals surface area (Å²) in [4.78, 5) is 10.2. The second kappa shape index (κ2) is 33.7. The summed E-state index contributed by atoms with van der Waals surface area (Å²) in [5, 5.41) is 29.0. The zero-order valence-electron chi connectivity index (χ0n) is 78.4. The first-order valence-corrected chi connectivity index (χ1v) is 56.3. The number of para-hydroxylation sites is 2. The van der Waals surface area contributed by atoms with E-state index in [9.17, 15) is 0 Å². The molecule has 0 radical (unpaired) electrons. The number of nitrogens with zero attached hydrogens (tertiary/aromatic N) is 4. The average Bonchev–Trinajstić information content (AvgIpc) is 1.54. The maximum atomic E-state index is 2.63. The van der Waals surface area contributed by atoms with Crippen LogP contribution in [0.25, 0.3) is 115 Å². The summed E-state index contributed by atoms with van der Waals surface area (Å²) < 4.78 is 5.83. The van der Waals surface area contributed by atoms with E-state index in [1.807, 2.05) is 0 Å². The van der Waals surface area contributed by atoms with Crippen LogP contribution >= 0.6 is 0 Å². The number of hydrogen-bond donors (Lipinski definition) is 0. The summed E-state index contributed by atoms with van der Waals surface area (Å²) in [5.74, 6) is 0. The molecule has 0 amide bonds.